The van der Waals surface area contributed by atoms with Crippen LogP contribution in [0.3, 0.4) is 0 Å². The lowest BCUT2D eigenvalue weighted by molar-refractivity contribution is 0.263. The molecular formula is C23H28N2O4. The third kappa shape index (κ3) is 3.32. The minimum Gasteiger partial charge on any atom is -0.496 e. The second-order valence-electron chi connectivity index (χ2n) is 7.51. The van der Waals surface area contributed by atoms with Crippen LogP contribution >= 0.6 is 0 Å². The van der Waals surface area contributed by atoms with E-state index in [0.717, 1.165) is 58.7 Å². The maximum atomic E-state index is 9.85. The molecular weight excluding hydrogens is 368 g/mol. The fourth-order valence-electron chi connectivity index (χ4n) is 4.56. The first-order valence-corrected chi connectivity index (χ1v) is 9.94. The zero-order valence-corrected chi connectivity index (χ0v) is 17.0. The Morgan fingerprint density at radius 2 is 1.41 bits per heavy atom. The average molecular weight is 396 g/mol. The van der Waals surface area contributed by atoms with Crippen molar-refractivity contribution in [3.8, 4) is 11.5 Å². The van der Waals surface area contributed by atoms with E-state index >= 15 is 0 Å². The molecule has 29 heavy (non-hydrogen) atoms. The number of hydrogen-bond donors (Lipinski definition) is 3. The van der Waals surface area contributed by atoms with E-state index in [-0.39, 0.29) is 13.2 Å². The number of nitrogens with zero attached hydrogens (tertiary/aromatic N) is 1. The highest BCUT2D eigenvalue weighted by molar-refractivity contribution is 6.12. The molecule has 3 aromatic carbocycles. The standard InChI is InChI=1S/C23H28N2O4/c1-28-22-9-19-16-3-5-25(6-4-24)11-21(16)20-10-23(29-2)15(13-27)8-18(20)17(19)7-14(22)12-26/h7-10,26-27H,3-6,11-13,24H2,1-2H3. The molecule has 0 atom stereocenters. The summed E-state index contributed by atoms with van der Waals surface area (Å²) in [4.78, 5) is 2.37. The first-order chi connectivity index (χ1) is 14.1. The minimum absolute atomic E-state index is 0.0923. The molecule has 4 rings (SSSR count). The smallest absolute Gasteiger partial charge is 0.125 e. The lowest BCUT2D eigenvalue weighted by Gasteiger charge is -2.31. The van der Waals surface area contributed by atoms with Crippen LogP contribution in [0.5, 0.6) is 11.5 Å². The van der Waals surface area contributed by atoms with E-state index < -0.39 is 0 Å². The van der Waals surface area contributed by atoms with Crippen molar-refractivity contribution in [3.05, 3.63) is 46.5 Å². The molecule has 0 spiro atoms. The largest absolute Gasteiger partial charge is 0.496 e. The summed E-state index contributed by atoms with van der Waals surface area (Å²) < 4.78 is 11.1. The highest BCUT2D eigenvalue weighted by Gasteiger charge is 2.23. The molecule has 3 aromatic rings. The molecule has 1 aliphatic heterocycles. The monoisotopic (exact) mass is 396 g/mol. The van der Waals surface area contributed by atoms with Gasteiger partial charge in [0.25, 0.3) is 0 Å². The summed E-state index contributed by atoms with van der Waals surface area (Å²) in [5, 5.41) is 24.1. The molecule has 4 N–H and O–H groups in total. The number of ether oxygens (including phenoxy) is 2. The van der Waals surface area contributed by atoms with Gasteiger partial charge in [-0.1, -0.05) is 0 Å². The van der Waals surface area contributed by atoms with Gasteiger partial charge in [0.05, 0.1) is 27.4 Å². The van der Waals surface area contributed by atoms with Crippen LogP contribution in [0.25, 0.3) is 21.5 Å². The number of fused-ring (bicyclic) bond motifs is 6. The van der Waals surface area contributed by atoms with Crippen LogP contribution in [0.4, 0.5) is 0 Å². The second kappa shape index (κ2) is 8.16. The first-order valence-electron chi connectivity index (χ1n) is 9.94. The van der Waals surface area contributed by atoms with Crippen molar-refractivity contribution in [3.63, 3.8) is 0 Å². The topological polar surface area (TPSA) is 88.2 Å². The zero-order chi connectivity index (χ0) is 20.5. The van der Waals surface area contributed by atoms with Crippen molar-refractivity contribution in [2.75, 3.05) is 33.9 Å². The van der Waals surface area contributed by atoms with Gasteiger partial charge in [-0.2, -0.15) is 0 Å². The van der Waals surface area contributed by atoms with Crippen molar-refractivity contribution in [1.29, 1.82) is 0 Å². The van der Waals surface area contributed by atoms with Gasteiger partial charge in [-0.3, -0.25) is 4.90 Å². The fraction of sp³-hybridized carbons (Fsp3) is 0.391. The van der Waals surface area contributed by atoms with Crippen LogP contribution < -0.4 is 15.2 Å². The molecule has 6 nitrogen and oxygen atoms in total. The summed E-state index contributed by atoms with van der Waals surface area (Å²) >= 11 is 0. The van der Waals surface area contributed by atoms with Gasteiger partial charge >= 0.3 is 0 Å². The summed E-state index contributed by atoms with van der Waals surface area (Å²) in [6.07, 6.45) is 0.924. The average Bonchev–Trinajstić information content (AvgIpc) is 2.77. The third-order valence-electron chi connectivity index (χ3n) is 5.99. The predicted octanol–water partition coefficient (Wildman–Crippen LogP) is 2.31. The van der Waals surface area contributed by atoms with Crippen LogP contribution in [-0.4, -0.2) is 49.0 Å². The van der Waals surface area contributed by atoms with Crippen molar-refractivity contribution in [2.24, 2.45) is 5.73 Å². The molecule has 0 aliphatic carbocycles. The van der Waals surface area contributed by atoms with Gasteiger partial charge in [-0.25, -0.2) is 0 Å². The van der Waals surface area contributed by atoms with Crippen LogP contribution in [0, 0.1) is 0 Å². The Labute approximate surface area is 170 Å². The molecule has 1 heterocycles. The third-order valence-corrected chi connectivity index (χ3v) is 5.99. The highest BCUT2D eigenvalue weighted by atomic mass is 16.5. The molecule has 0 aromatic heterocycles. The van der Waals surface area contributed by atoms with E-state index in [4.69, 9.17) is 15.2 Å². The van der Waals surface area contributed by atoms with E-state index in [0.29, 0.717) is 18.0 Å². The van der Waals surface area contributed by atoms with Crippen molar-refractivity contribution in [2.45, 2.75) is 26.2 Å². The summed E-state index contributed by atoms with van der Waals surface area (Å²) in [6, 6.07) is 8.09. The zero-order valence-electron chi connectivity index (χ0n) is 17.0. The Balaban J connectivity index is 2.10. The molecule has 0 radical (unpaired) electrons. The van der Waals surface area contributed by atoms with Gasteiger partial charge in [-0.05, 0) is 63.4 Å². The lowest BCUT2D eigenvalue weighted by atomic mass is 9.86. The summed E-state index contributed by atoms with van der Waals surface area (Å²) in [7, 11) is 3.26. The first kappa shape index (κ1) is 19.9. The molecule has 1 aliphatic rings. The van der Waals surface area contributed by atoms with Gasteiger partial charge in [-0.15, -0.1) is 0 Å². The van der Waals surface area contributed by atoms with Crippen molar-refractivity contribution < 1.29 is 19.7 Å². The molecule has 6 heteroatoms. The van der Waals surface area contributed by atoms with E-state index in [1.54, 1.807) is 14.2 Å². The minimum atomic E-state index is -0.0972. The number of nitrogens with two attached hydrogens (primary N) is 1. The van der Waals surface area contributed by atoms with E-state index in [2.05, 4.69) is 4.90 Å². The maximum absolute atomic E-state index is 9.85. The number of rotatable bonds is 6. The summed E-state index contributed by atoms with van der Waals surface area (Å²) in [5.41, 5.74) is 9.89. The maximum Gasteiger partial charge on any atom is 0.125 e. The molecule has 0 saturated carbocycles. The molecule has 0 bridgehead atoms. The summed E-state index contributed by atoms with van der Waals surface area (Å²) in [6.45, 7) is 3.08. The van der Waals surface area contributed by atoms with Gasteiger partial charge in [0.2, 0.25) is 0 Å². The van der Waals surface area contributed by atoms with Gasteiger partial charge in [0.15, 0.2) is 0 Å². The van der Waals surface area contributed by atoms with Gasteiger partial charge in [0.1, 0.15) is 11.5 Å². The molecule has 154 valence electrons. The van der Waals surface area contributed by atoms with E-state index in [1.807, 2.05) is 24.3 Å². The number of aliphatic hydroxyl groups excluding tert-OH is 2. The number of methoxy groups -OCH3 is 2. The Morgan fingerprint density at radius 1 is 0.862 bits per heavy atom. The second-order valence-corrected chi connectivity index (χ2v) is 7.51. The van der Waals surface area contributed by atoms with E-state index in [9.17, 15) is 10.2 Å². The lowest BCUT2D eigenvalue weighted by Crippen LogP contribution is -2.34. The van der Waals surface area contributed by atoms with Crippen molar-refractivity contribution >= 4 is 21.5 Å². The van der Waals surface area contributed by atoms with Crippen LogP contribution in [-0.2, 0) is 26.2 Å². The number of benzene rings is 3. The number of hydrogen-bond acceptors (Lipinski definition) is 6. The molecule has 0 unspecified atom stereocenters. The molecule has 0 amide bonds. The van der Waals surface area contributed by atoms with Gasteiger partial charge in [0, 0.05) is 37.3 Å². The summed E-state index contributed by atoms with van der Waals surface area (Å²) in [5.74, 6) is 1.38. The Morgan fingerprint density at radius 3 is 1.90 bits per heavy atom. The Kier molecular flexibility index (Phi) is 5.61. The van der Waals surface area contributed by atoms with Crippen LogP contribution in [0.15, 0.2) is 24.3 Å². The fourth-order valence-corrected chi connectivity index (χ4v) is 4.56. The van der Waals surface area contributed by atoms with E-state index in [1.165, 1.54) is 11.1 Å². The van der Waals surface area contributed by atoms with Crippen molar-refractivity contribution in [1.82, 2.24) is 4.90 Å². The van der Waals surface area contributed by atoms with Gasteiger partial charge < -0.3 is 25.4 Å². The van der Waals surface area contributed by atoms with Crippen LogP contribution in [0.1, 0.15) is 22.3 Å². The Bertz CT molecular complexity index is 1060. The normalized spacial score (nSPS) is 14.4. The highest BCUT2D eigenvalue weighted by Crippen LogP contribution is 2.41. The molecule has 0 saturated heterocycles. The quantitative estimate of drug-likeness (QED) is 0.554. The SMILES string of the molecule is COc1cc2c3c(c4cc(OC)c(CO)cc4c2cc1CO)CN(CCN)CC3. The Hall–Kier alpha value is -2.38. The predicted molar refractivity (Wildman–Crippen MR) is 114 cm³/mol. The number of aliphatic hydroxyl groups is 2. The van der Waals surface area contributed by atoms with Crippen LogP contribution in [0.2, 0.25) is 0 Å². The molecule has 0 fully saturated rings.